The van der Waals surface area contributed by atoms with Gasteiger partial charge < -0.3 is 40.3 Å². The standard InChI is InChI=1S/C10H16N5O13P3/c11-8-5-9(13-2-12-8)15(3-14-5)10-7(6(17)4(1-16)25-10)26-30(21,22)28-31(23,24)27-29(18,19)20/h2-4,6-7,10,16-17H,1H2,(H,21,22)(H,23,24)(H2,11,12,13)(H2,18,19,20)/t4-,6-,7-,10-/m1/s1. The van der Waals surface area contributed by atoms with Gasteiger partial charge in [-0.2, -0.15) is 8.62 Å². The smallest absolute Gasteiger partial charge is 0.394 e. The molecule has 18 nitrogen and oxygen atoms in total. The molecule has 0 radical (unpaired) electrons. The molecule has 2 aromatic rings. The predicted molar refractivity (Wildman–Crippen MR) is 95.5 cm³/mol. The molecular formula is C10H16N5O13P3. The molecule has 6 atom stereocenters. The molecule has 3 rings (SSSR count). The molecule has 0 saturated carbocycles. The van der Waals surface area contributed by atoms with Crippen LogP contribution in [0.1, 0.15) is 6.23 Å². The fraction of sp³-hybridized carbons (Fsp3) is 0.500. The van der Waals surface area contributed by atoms with Crippen molar-refractivity contribution in [2.45, 2.75) is 24.5 Å². The molecule has 0 aromatic carbocycles. The fourth-order valence-corrected chi connectivity index (χ4v) is 5.91. The van der Waals surface area contributed by atoms with Crippen molar-refractivity contribution >= 4 is 40.4 Å². The zero-order valence-electron chi connectivity index (χ0n) is 14.9. The highest BCUT2D eigenvalue weighted by atomic mass is 31.3. The van der Waals surface area contributed by atoms with E-state index in [0.29, 0.717) is 0 Å². The van der Waals surface area contributed by atoms with Crippen LogP contribution >= 0.6 is 23.5 Å². The Morgan fingerprint density at radius 1 is 1.10 bits per heavy atom. The van der Waals surface area contributed by atoms with E-state index in [2.05, 4.69) is 23.6 Å². The average molecular weight is 507 g/mol. The third-order valence-electron chi connectivity index (χ3n) is 3.82. The molecule has 2 unspecified atom stereocenters. The number of fused-ring (bicyclic) bond motifs is 1. The summed E-state index contributed by atoms with van der Waals surface area (Å²) in [6.07, 6.45) is -4.27. The highest BCUT2D eigenvalue weighted by Crippen LogP contribution is 2.67. The van der Waals surface area contributed by atoms with Crippen LogP contribution in [0.4, 0.5) is 5.82 Å². The lowest BCUT2D eigenvalue weighted by molar-refractivity contribution is -0.0505. The number of phosphoric acid groups is 3. The van der Waals surface area contributed by atoms with Gasteiger partial charge in [0, 0.05) is 0 Å². The number of anilines is 1. The minimum atomic E-state index is -5.79. The van der Waals surface area contributed by atoms with Crippen LogP contribution in [0.15, 0.2) is 12.7 Å². The summed E-state index contributed by atoms with van der Waals surface area (Å²) in [7, 11) is -17.0. The zero-order chi connectivity index (χ0) is 23.2. The van der Waals surface area contributed by atoms with Crippen LogP contribution in [0, 0.1) is 0 Å². The van der Waals surface area contributed by atoms with E-state index in [1.165, 1.54) is 0 Å². The van der Waals surface area contributed by atoms with Gasteiger partial charge in [-0.15, -0.1) is 0 Å². The number of aliphatic hydroxyl groups is 2. The van der Waals surface area contributed by atoms with Gasteiger partial charge in [-0.25, -0.2) is 28.6 Å². The van der Waals surface area contributed by atoms with E-state index in [0.717, 1.165) is 17.2 Å². The van der Waals surface area contributed by atoms with E-state index in [-0.39, 0.29) is 17.0 Å². The number of hydrogen-bond acceptors (Lipinski definition) is 13. The number of hydrogen-bond donors (Lipinski definition) is 7. The van der Waals surface area contributed by atoms with Gasteiger partial charge in [-0.3, -0.25) is 9.09 Å². The van der Waals surface area contributed by atoms with Crippen molar-refractivity contribution in [1.82, 2.24) is 19.5 Å². The fourth-order valence-electron chi connectivity index (χ4n) is 2.72. The minimum absolute atomic E-state index is 0.0227. The van der Waals surface area contributed by atoms with E-state index in [1.54, 1.807) is 0 Å². The first-order valence-electron chi connectivity index (χ1n) is 7.92. The SMILES string of the molecule is Nc1ncnc2c1ncn2[C@@H]1O[C@H](CO)[C@@H](O)[C@H]1OP(=O)(O)OP(=O)(O)OP(=O)(O)O. The second-order valence-electron chi connectivity index (χ2n) is 5.98. The highest BCUT2D eigenvalue weighted by Gasteiger charge is 2.51. The van der Waals surface area contributed by atoms with E-state index in [1.807, 2.05) is 0 Å². The zero-order valence-corrected chi connectivity index (χ0v) is 17.6. The Morgan fingerprint density at radius 3 is 2.39 bits per heavy atom. The Balaban J connectivity index is 1.91. The molecule has 0 aliphatic carbocycles. The maximum absolute atomic E-state index is 12.2. The maximum atomic E-state index is 12.2. The highest BCUT2D eigenvalue weighted by molar-refractivity contribution is 7.66. The topological polar surface area (TPSA) is 279 Å². The maximum Gasteiger partial charge on any atom is 0.490 e. The number of nitrogens with zero attached hydrogens (tertiary/aromatic N) is 4. The summed E-state index contributed by atoms with van der Waals surface area (Å²) in [6.45, 7) is -0.766. The molecule has 1 saturated heterocycles. The van der Waals surface area contributed by atoms with Gasteiger partial charge in [0.15, 0.2) is 17.7 Å². The molecular weight excluding hydrogens is 491 g/mol. The van der Waals surface area contributed by atoms with Crippen molar-refractivity contribution in [3.05, 3.63) is 12.7 Å². The lowest BCUT2D eigenvalue weighted by Crippen LogP contribution is -2.35. The summed E-state index contributed by atoms with van der Waals surface area (Å²) in [4.78, 5) is 47.8. The summed E-state index contributed by atoms with van der Waals surface area (Å²) in [5.74, 6) is -0.0227. The summed E-state index contributed by atoms with van der Waals surface area (Å²) < 4.78 is 53.0. The summed E-state index contributed by atoms with van der Waals surface area (Å²) in [6, 6.07) is 0. The Kier molecular flexibility index (Phi) is 6.68. The second-order valence-corrected chi connectivity index (χ2v) is 10.4. The van der Waals surface area contributed by atoms with Crippen molar-refractivity contribution in [3.8, 4) is 0 Å². The molecule has 1 aliphatic rings. The largest absolute Gasteiger partial charge is 0.490 e. The molecule has 0 amide bonds. The second kappa shape index (κ2) is 8.53. The number of imidazole rings is 1. The van der Waals surface area contributed by atoms with Crippen LogP contribution in [0.5, 0.6) is 0 Å². The predicted octanol–water partition coefficient (Wildman–Crippen LogP) is -1.63. The number of ether oxygens (including phenoxy) is 1. The van der Waals surface area contributed by atoms with E-state index in [4.69, 9.17) is 24.8 Å². The van der Waals surface area contributed by atoms with Crippen LogP contribution < -0.4 is 5.73 Å². The molecule has 2 aromatic heterocycles. The van der Waals surface area contributed by atoms with Crippen molar-refractivity contribution in [1.29, 1.82) is 0 Å². The molecule has 3 heterocycles. The normalized spacial score (nSPS) is 28.5. The Hall–Kier alpha value is -1.36. The van der Waals surface area contributed by atoms with Gasteiger partial charge in [0.05, 0.1) is 12.9 Å². The third-order valence-corrected chi connectivity index (χ3v) is 7.66. The molecule has 0 bridgehead atoms. The number of phosphoric ester groups is 1. The number of rotatable bonds is 8. The minimum Gasteiger partial charge on any atom is -0.394 e. The molecule has 174 valence electrons. The lowest BCUT2D eigenvalue weighted by Gasteiger charge is -2.24. The first kappa shape index (κ1) is 24.3. The van der Waals surface area contributed by atoms with Crippen molar-refractivity contribution in [2.24, 2.45) is 0 Å². The van der Waals surface area contributed by atoms with Gasteiger partial charge in [0.25, 0.3) is 0 Å². The molecule has 31 heavy (non-hydrogen) atoms. The van der Waals surface area contributed by atoms with E-state index in [9.17, 15) is 33.7 Å². The first-order valence-corrected chi connectivity index (χ1v) is 12.4. The molecule has 1 fully saturated rings. The first-order chi connectivity index (χ1) is 14.2. The Bertz CT molecular complexity index is 1100. The Morgan fingerprint density at radius 2 is 1.77 bits per heavy atom. The number of nitrogens with two attached hydrogens (primary N) is 1. The molecule has 21 heteroatoms. The third kappa shape index (κ3) is 5.53. The monoisotopic (exact) mass is 507 g/mol. The number of aromatic nitrogens is 4. The van der Waals surface area contributed by atoms with Crippen LogP contribution in [-0.2, 0) is 31.6 Å². The summed E-state index contributed by atoms with van der Waals surface area (Å²) in [5.41, 5.74) is 5.82. The van der Waals surface area contributed by atoms with Crippen molar-refractivity contribution in [3.63, 3.8) is 0 Å². The molecule has 0 spiro atoms. The van der Waals surface area contributed by atoms with Gasteiger partial charge in [0.1, 0.15) is 30.2 Å². The van der Waals surface area contributed by atoms with Gasteiger partial charge in [-0.05, 0) is 0 Å². The quantitative estimate of drug-likeness (QED) is 0.197. The summed E-state index contributed by atoms with van der Waals surface area (Å²) >= 11 is 0. The number of nitrogen functional groups attached to an aromatic ring is 1. The van der Waals surface area contributed by atoms with Gasteiger partial charge in [0.2, 0.25) is 0 Å². The van der Waals surface area contributed by atoms with Gasteiger partial charge >= 0.3 is 23.5 Å². The van der Waals surface area contributed by atoms with E-state index < -0.39 is 54.6 Å². The molecule has 1 aliphatic heterocycles. The Labute approximate surface area is 171 Å². The van der Waals surface area contributed by atoms with E-state index >= 15 is 0 Å². The van der Waals surface area contributed by atoms with Crippen LogP contribution in [0.2, 0.25) is 0 Å². The molecule has 8 N–H and O–H groups in total. The number of aliphatic hydroxyl groups excluding tert-OH is 2. The van der Waals surface area contributed by atoms with Crippen molar-refractivity contribution in [2.75, 3.05) is 12.3 Å². The van der Waals surface area contributed by atoms with Crippen LogP contribution in [0.25, 0.3) is 11.2 Å². The lowest BCUT2D eigenvalue weighted by atomic mass is 10.1. The van der Waals surface area contributed by atoms with Crippen molar-refractivity contribution < 1.29 is 61.4 Å². The average Bonchev–Trinajstić information content (AvgIpc) is 3.14. The van der Waals surface area contributed by atoms with Crippen LogP contribution in [0.3, 0.4) is 0 Å². The summed E-state index contributed by atoms with van der Waals surface area (Å²) in [5, 5.41) is 19.7. The van der Waals surface area contributed by atoms with Crippen LogP contribution in [-0.4, -0.2) is 74.2 Å². The van der Waals surface area contributed by atoms with Gasteiger partial charge in [-0.1, -0.05) is 0 Å².